The zero-order valence-corrected chi connectivity index (χ0v) is 12.7. The van der Waals surface area contributed by atoms with Crippen LogP contribution in [0.2, 0.25) is 0 Å². The van der Waals surface area contributed by atoms with Crippen molar-refractivity contribution in [1.29, 1.82) is 0 Å². The summed E-state index contributed by atoms with van der Waals surface area (Å²) in [6.07, 6.45) is 4.18. The fourth-order valence-electron chi connectivity index (χ4n) is 3.19. The van der Waals surface area contributed by atoms with Crippen molar-refractivity contribution < 1.29 is 4.74 Å². The van der Waals surface area contributed by atoms with Gasteiger partial charge in [-0.25, -0.2) is 4.98 Å². The van der Waals surface area contributed by atoms with Crippen molar-refractivity contribution >= 4 is 0 Å². The summed E-state index contributed by atoms with van der Waals surface area (Å²) >= 11 is 0. The van der Waals surface area contributed by atoms with Crippen molar-refractivity contribution in [3.05, 3.63) is 59.3 Å². The normalized spacial score (nSPS) is 20.9. The van der Waals surface area contributed by atoms with Crippen LogP contribution in [0, 0.1) is 0 Å². The third-order valence-corrected chi connectivity index (χ3v) is 4.37. The molecule has 1 aliphatic carbocycles. The number of rotatable bonds is 4. The van der Waals surface area contributed by atoms with Crippen molar-refractivity contribution in [2.24, 2.45) is 0 Å². The average molecular weight is 282 g/mol. The molecular formula is C18H22N2O. The smallest absolute Gasteiger partial charge is 0.217 e. The van der Waals surface area contributed by atoms with Gasteiger partial charge in [0, 0.05) is 24.3 Å². The molecule has 1 aromatic carbocycles. The molecule has 0 bridgehead atoms. The molecule has 0 saturated heterocycles. The Bertz CT molecular complexity index is 612. The Morgan fingerprint density at radius 1 is 1.14 bits per heavy atom. The second kappa shape index (κ2) is 6.27. The Morgan fingerprint density at radius 2 is 1.95 bits per heavy atom. The van der Waals surface area contributed by atoms with Crippen LogP contribution in [-0.4, -0.2) is 12.1 Å². The number of methoxy groups -OCH3 is 1. The maximum absolute atomic E-state index is 5.32. The molecule has 21 heavy (non-hydrogen) atoms. The molecule has 3 nitrogen and oxygen atoms in total. The zero-order chi connectivity index (χ0) is 14.7. The zero-order valence-electron chi connectivity index (χ0n) is 12.7. The Labute approximate surface area is 126 Å². The molecule has 3 rings (SSSR count). The molecule has 1 heterocycles. The van der Waals surface area contributed by atoms with Crippen LogP contribution in [0.15, 0.2) is 42.6 Å². The van der Waals surface area contributed by atoms with Crippen LogP contribution in [0.3, 0.4) is 0 Å². The summed E-state index contributed by atoms with van der Waals surface area (Å²) in [7, 11) is 1.67. The summed E-state index contributed by atoms with van der Waals surface area (Å²) < 4.78 is 5.32. The van der Waals surface area contributed by atoms with E-state index < -0.39 is 0 Å². The largest absolute Gasteiger partial charge is 0.481 e. The van der Waals surface area contributed by atoms with E-state index in [0.717, 1.165) is 12.1 Å². The van der Waals surface area contributed by atoms with Crippen LogP contribution < -0.4 is 10.1 Å². The second-order valence-corrected chi connectivity index (χ2v) is 5.71. The minimum absolute atomic E-state index is 0.419. The first-order chi connectivity index (χ1) is 10.3. The topological polar surface area (TPSA) is 34.1 Å². The van der Waals surface area contributed by atoms with Crippen LogP contribution in [0.1, 0.15) is 48.4 Å². The van der Waals surface area contributed by atoms with Gasteiger partial charge in [-0.15, -0.1) is 0 Å². The number of pyridine rings is 1. The predicted octanol–water partition coefficient (Wildman–Crippen LogP) is 3.82. The number of nitrogens with one attached hydrogen (secondary N) is 1. The monoisotopic (exact) mass is 282 g/mol. The van der Waals surface area contributed by atoms with E-state index in [1.165, 1.54) is 24.0 Å². The van der Waals surface area contributed by atoms with E-state index in [2.05, 4.69) is 47.6 Å². The van der Waals surface area contributed by atoms with Gasteiger partial charge in [0.25, 0.3) is 0 Å². The second-order valence-electron chi connectivity index (χ2n) is 5.71. The van der Waals surface area contributed by atoms with Gasteiger partial charge in [0.05, 0.1) is 7.11 Å². The van der Waals surface area contributed by atoms with Gasteiger partial charge in [-0.2, -0.15) is 0 Å². The highest BCUT2D eigenvalue weighted by atomic mass is 16.5. The Balaban J connectivity index is 1.76. The van der Waals surface area contributed by atoms with Gasteiger partial charge < -0.3 is 10.1 Å². The van der Waals surface area contributed by atoms with Crippen molar-refractivity contribution in [3.8, 4) is 5.88 Å². The lowest BCUT2D eigenvalue weighted by molar-refractivity contribution is 0.383. The highest BCUT2D eigenvalue weighted by Crippen LogP contribution is 2.37. The molecule has 0 fully saturated rings. The summed E-state index contributed by atoms with van der Waals surface area (Å²) in [5.41, 5.74) is 4.04. The maximum Gasteiger partial charge on any atom is 0.217 e. The summed E-state index contributed by atoms with van der Waals surface area (Å²) in [5, 5.41) is 3.67. The van der Waals surface area contributed by atoms with Crippen molar-refractivity contribution in [2.45, 2.75) is 38.3 Å². The lowest BCUT2D eigenvalue weighted by Crippen LogP contribution is -2.26. The third kappa shape index (κ3) is 2.93. The minimum atomic E-state index is 0.419. The molecule has 0 radical (unpaired) electrons. The molecule has 2 aromatic rings. The van der Waals surface area contributed by atoms with Crippen molar-refractivity contribution in [3.63, 3.8) is 0 Å². The van der Waals surface area contributed by atoms with Crippen LogP contribution in [0.5, 0.6) is 5.88 Å². The molecule has 0 saturated carbocycles. The summed E-state index contributed by atoms with van der Waals surface area (Å²) in [6.45, 7) is 3.10. The fraction of sp³-hybridized carbons (Fsp3) is 0.389. The van der Waals surface area contributed by atoms with Gasteiger partial charge in [0.2, 0.25) is 5.88 Å². The molecule has 3 heteroatoms. The molecule has 2 unspecified atom stereocenters. The van der Waals surface area contributed by atoms with E-state index in [4.69, 9.17) is 4.74 Å². The first kappa shape index (κ1) is 14.1. The molecule has 1 N–H and O–H groups in total. The minimum Gasteiger partial charge on any atom is -0.481 e. The average Bonchev–Trinajstić information content (AvgIpc) is 2.55. The first-order valence-corrected chi connectivity index (χ1v) is 7.59. The number of nitrogens with zero attached hydrogens (tertiary/aromatic N) is 1. The van der Waals surface area contributed by atoms with Gasteiger partial charge in [-0.3, -0.25) is 0 Å². The first-order valence-electron chi connectivity index (χ1n) is 7.59. The van der Waals surface area contributed by atoms with Crippen LogP contribution in [0.4, 0.5) is 0 Å². The molecule has 0 amide bonds. The van der Waals surface area contributed by atoms with Crippen LogP contribution >= 0.6 is 0 Å². The quantitative estimate of drug-likeness (QED) is 0.925. The summed E-state index contributed by atoms with van der Waals surface area (Å²) in [4.78, 5) is 4.26. The molecule has 110 valence electrons. The lowest BCUT2D eigenvalue weighted by Gasteiger charge is -2.30. The van der Waals surface area contributed by atoms with Crippen molar-refractivity contribution in [2.75, 3.05) is 7.11 Å². The molecule has 1 aliphatic rings. The van der Waals surface area contributed by atoms with Gasteiger partial charge in [-0.1, -0.05) is 37.3 Å². The van der Waals surface area contributed by atoms with Crippen molar-refractivity contribution in [1.82, 2.24) is 10.3 Å². The number of ether oxygens (including phenoxy) is 1. The van der Waals surface area contributed by atoms with Crippen LogP contribution in [0.25, 0.3) is 0 Å². The number of fused-ring (bicyclic) bond motifs is 1. The summed E-state index contributed by atoms with van der Waals surface area (Å²) in [6, 6.07) is 13.2. The van der Waals surface area contributed by atoms with Crippen LogP contribution in [-0.2, 0) is 6.54 Å². The van der Waals surface area contributed by atoms with E-state index >= 15 is 0 Å². The number of benzene rings is 1. The Hall–Kier alpha value is -1.87. The fourth-order valence-corrected chi connectivity index (χ4v) is 3.19. The number of hydrogen-bond acceptors (Lipinski definition) is 3. The standard InChI is InChI=1S/C18H22N2O/c1-13-9-10-17(16-8-4-3-7-15(13)16)20-12-14-6-5-11-19-18(14)21-2/h3-8,11,13,17,20H,9-10,12H2,1-2H3. The number of aromatic nitrogens is 1. The van der Waals surface area contributed by atoms with Gasteiger partial charge in [-0.05, 0) is 36.0 Å². The van der Waals surface area contributed by atoms with E-state index in [1.807, 2.05) is 6.07 Å². The SMILES string of the molecule is COc1ncccc1CNC1CCC(C)c2ccccc21. The highest BCUT2D eigenvalue weighted by molar-refractivity contribution is 5.35. The van der Waals surface area contributed by atoms with E-state index in [0.29, 0.717) is 17.8 Å². The maximum atomic E-state index is 5.32. The lowest BCUT2D eigenvalue weighted by atomic mass is 9.81. The summed E-state index contributed by atoms with van der Waals surface area (Å²) in [5.74, 6) is 1.37. The van der Waals surface area contributed by atoms with E-state index in [9.17, 15) is 0 Å². The third-order valence-electron chi connectivity index (χ3n) is 4.37. The van der Waals surface area contributed by atoms with E-state index in [-0.39, 0.29) is 0 Å². The van der Waals surface area contributed by atoms with Gasteiger partial charge in [0.15, 0.2) is 0 Å². The number of hydrogen-bond donors (Lipinski definition) is 1. The predicted molar refractivity (Wildman–Crippen MR) is 84.5 cm³/mol. The molecule has 1 aromatic heterocycles. The molecular weight excluding hydrogens is 260 g/mol. The van der Waals surface area contributed by atoms with Gasteiger partial charge in [0.1, 0.15) is 0 Å². The Morgan fingerprint density at radius 3 is 2.76 bits per heavy atom. The molecule has 0 spiro atoms. The van der Waals surface area contributed by atoms with E-state index in [1.54, 1.807) is 13.3 Å². The highest BCUT2D eigenvalue weighted by Gasteiger charge is 2.24. The molecule has 0 aliphatic heterocycles. The Kier molecular flexibility index (Phi) is 4.20. The van der Waals surface area contributed by atoms with Gasteiger partial charge >= 0.3 is 0 Å². The molecule has 2 atom stereocenters.